The van der Waals surface area contributed by atoms with Crippen molar-refractivity contribution in [1.29, 1.82) is 0 Å². The van der Waals surface area contributed by atoms with Crippen molar-refractivity contribution in [3.05, 3.63) is 85.1 Å². The van der Waals surface area contributed by atoms with Crippen LogP contribution >= 0.6 is 0 Å². The minimum absolute atomic E-state index is 0.0348. The van der Waals surface area contributed by atoms with Gasteiger partial charge in [-0.3, -0.25) is 9.59 Å². The third-order valence-corrected chi connectivity index (χ3v) is 11.9. The molecule has 64 heavy (non-hydrogen) atoms. The summed E-state index contributed by atoms with van der Waals surface area (Å²) in [5, 5.41) is 23.8. The fraction of sp³-hybridized carbons (Fsp3) is 0.724. The number of carbonyl (C=O) groups is 2. The number of aliphatic hydroxyl groups excluding tert-OH is 2. The number of carbonyl (C=O) groups excluding carboxylic acids is 2. The Kier molecular flexibility index (Phi) is 48.7. The second-order valence-corrected chi connectivity index (χ2v) is 18.0. The molecule has 0 heterocycles. The van der Waals surface area contributed by atoms with E-state index in [9.17, 15) is 19.8 Å². The second kappa shape index (κ2) is 51.0. The zero-order valence-corrected chi connectivity index (χ0v) is 41.9. The number of hydrogen-bond donors (Lipinski definition) is 3. The number of ether oxygens (including phenoxy) is 1. The lowest BCUT2D eigenvalue weighted by atomic mass is 10.0. The van der Waals surface area contributed by atoms with Crippen molar-refractivity contribution in [2.75, 3.05) is 6.61 Å². The standard InChI is InChI=1S/C58H101NO5/c1-4-7-10-13-16-19-22-24-26-28-30-32-35-38-41-44-47-50-56(61)55(53-60)59-57(62)52-54(49-46-43-40-37-34-21-18-15-12-9-6-3)64-58(63)51-48-45-42-39-36-33-31-29-27-25-23-20-17-14-11-8-5-2/h8,11,14,17,20,23,25,27,29,31,33,36-37,40,54-56,60-61H,4-7,9-10,12-13,15-16,18-19,21-22,24,26,28,30,32,34-35,38-39,41-53H2,1-3H3,(H,59,62)/b11-8-,17-14+,23-20+,27-25-,31-29+,36-33+,40-37-. The average molecular weight is 892 g/mol. The number of allylic oxidation sites excluding steroid dienone is 14. The second-order valence-electron chi connectivity index (χ2n) is 18.0. The zero-order valence-electron chi connectivity index (χ0n) is 41.9. The summed E-state index contributed by atoms with van der Waals surface area (Å²) in [6.45, 7) is 6.32. The quantitative estimate of drug-likeness (QED) is 0.0245. The Balaban J connectivity index is 4.60. The lowest BCUT2D eigenvalue weighted by molar-refractivity contribution is -0.151. The SMILES string of the molecule is CC\C=C/C=C/C=C/C=C\C=C\C=C\CCCCCC(=O)OC(CCC/C=C\CCCCCCCC)CC(=O)NC(CO)C(O)CCCCCCCCCCCCCCCCCCC. The molecule has 3 atom stereocenters. The van der Waals surface area contributed by atoms with E-state index in [0.717, 1.165) is 70.6 Å². The van der Waals surface area contributed by atoms with E-state index in [-0.39, 0.29) is 24.9 Å². The van der Waals surface area contributed by atoms with Gasteiger partial charge in [0.25, 0.3) is 0 Å². The van der Waals surface area contributed by atoms with E-state index < -0.39 is 18.2 Å². The molecule has 1 amide bonds. The van der Waals surface area contributed by atoms with Crippen LogP contribution in [0.3, 0.4) is 0 Å². The molecule has 0 bridgehead atoms. The van der Waals surface area contributed by atoms with E-state index in [1.54, 1.807) is 0 Å². The summed E-state index contributed by atoms with van der Waals surface area (Å²) in [5.41, 5.74) is 0. The fourth-order valence-electron chi connectivity index (χ4n) is 7.82. The van der Waals surface area contributed by atoms with Gasteiger partial charge in [-0.25, -0.2) is 0 Å². The highest BCUT2D eigenvalue weighted by Gasteiger charge is 2.24. The molecule has 0 spiro atoms. The van der Waals surface area contributed by atoms with Crippen LogP contribution in [0.2, 0.25) is 0 Å². The van der Waals surface area contributed by atoms with Crippen LogP contribution in [0, 0.1) is 0 Å². The highest BCUT2D eigenvalue weighted by molar-refractivity contribution is 5.77. The van der Waals surface area contributed by atoms with Gasteiger partial charge in [-0.2, -0.15) is 0 Å². The number of esters is 1. The summed E-state index contributed by atoms with van der Waals surface area (Å²) in [4.78, 5) is 26.1. The number of aliphatic hydroxyl groups is 2. The lowest BCUT2D eigenvalue weighted by Gasteiger charge is -2.24. The summed E-state index contributed by atoms with van der Waals surface area (Å²) in [6, 6.07) is -0.724. The van der Waals surface area contributed by atoms with Gasteiger partial charge in [0.15, 0.2) is 0 Å². The number of nitrogens with one attached hydrogen (secondary N) is 1. The first-order chi connectivity index (χ1) is 31.5. The minimum Gasteiger partial charge on any atom is -0.462 e. The maximum absolute atomic E-state index is 13.2. The molecule has 0 aromatic heterocycles. The molecule has 0 fully saturated rings. The highest BCUT2D eigenvalue weighted by atomic mass is 16.5. The normalized spacial score (nSPS) is 13.9. The molecule has 0 aromatic rings. The van der Waals surface area contributed by atoms with E-state index >= 15 is 0 Å². The van der Waals surface area contributed by atoms with Gasteiger partial charge in [0.1, 0.15) is 6.10 Å². The third kappa shape index (κ3) is 45.6. The lowest BCUT2D eigenvalue weighted by Crippen LogP contribution is -2.46. The molecule has 0 aliphatic heterocycles. The van der Waals surface area contributed by atoms with Crippen LogP contribution in [0.1, 0.15) is 245 Å². The van der Waals surface area contributed by atoms with Gasteiger partial charge in [0.2, 0.25) is 5.91 Å². The molecule has 0 rings (SSSR count). The molecular weight excluding hydrogens is 791 g/mol. The highest BCUT2D eigenvalue weighted by Crippen LogP contribution is 2.17. The van der Waals surface area contributed by atoms with Crippen LogP contribution in [0.25, 0.3) is 0 Å². The van der Waals surface area contributed by atoms with Crippen LogP contribution in [-0.4, -0.2) is 46.9 Å². The van der Waals surface area contributed by atoms with Crippen molar-refractivity contribution in [3.63, 3.8) is 0 Å². The number of unbranched alkanes of at least 4 members (excludes halogenated alkanes) is 26. The van der Waals surface area contributed by atoms with Crippen LogP contribution < -0.4 is 5.32 Å². The van der Waals surface area contributed by atoms with E-state index in [2.05, 4.69) is 56.5 Å². The average Bonchev–Trinajstić information content (AvgIpc) is 3.29. The molecule has 0 saturated carbocycles. The summed E-state index contributed by atoms with van der Waals surface area (Å²) in [7, 11) is 0. The molecule has 0 aliphatic carbocycles. The van der Waals surface area contributed by atoms with Crippen molar-refractivity contribution < 1.29 is 24.5 Å². The van der Waals surface area contributed by atoms with Gasteiger partial charge in [0.05, 0.1) is 25.2 Å². The van der Waals surface area contributed by atoms with Crippen molar-refractivity contribution in [2.24, 2.45) is 0 Å². The fourth-order valence-corrected chi connectivity index (χ4v) is 7.82. The number of hydrogen-bond acceptors (Lipinski definition) is 5. The molecule has 0 aliphatic rings. The van der Waals surface area contributed by atoms with Gasteiger partial charge in [-0.15, -0.1) is 0 Å². The topological polar surface area (TPSA) is 95.9 Å². The summed E-state index contributed by atoms with van der Waals surface area (Å²) in [6.07, 6.45) is 66.5. The van der Waals surface area contributed by atoms with Gasteiger partial charge >= 0.3 is 5.97 Å². The predicted octanol–water partition coefficient (Wildman–Crippen LogP) is 16.3. The van der Waals surface area contributed by atoms with Crippen LogP contribution in [0.4, 0.5) is 0 Å². The van der Waals surface area contributed by atoms with Crippen LogP contribution in [0.5, 0.6) is 0 Å². The Labute approximate surface area is 395 Å². The molecule has 0 aromatic carbocycles. The molecule has 0 radical (unpaired) electrons. The molecule has 0 saturated heterocycles. The predicted molar refractivity (Wildman–Crippen MR) is 278 cm³/mol. The Morgan fingerprint density at radius 1 is 0.469 bits per heavy atom. The number of rotatable bonds is 47. The Hall–Kier alpha value is -2.96. The van der Waals surface area contributed by atoms with Crippen LogP contribution in [0.15, 0.2) is 85.1 Å². The molecule has 3 N–H and O–H groups in total. The van der Waals surface area contributed by atoms with Crippen molar-refractivity contribution in [1.82, 2.24) is 5.32 Å². The van der Waals surface area contributed by atoms with E-state index in [0.29, 0.717) is 19.3 Å². The van der Waals surface area contributed by atoms with E-state index in [1.165, 1.54) is 128 Å². The molecular formula is C58H101NO5. The molecule has 6 heteroatoms. The maximum Gasteiger partial charge on any atom is 0.306 e. The number of amides is 1. The van der Waals surface area contributed by atoms with Crippen molar-refractivity contribution >= 4 is 11.9 Å². The Morgan fingerprint density at radius 3 is 1.36 bits per heavy atom. The Morgan fingerprint density at radius 2 is 0.875 bits per heavy atom. The zero-order chi connectivity index (χ0) is 46.7. The maximum atomic E-state index is 13.2. The van der Waals surface area contributed by atoms with Gasteiger partial charge < -0.3 is 20.3 Å². The van der Waals surface area contributed by atoms with E-state index in [1.807, 2.05) is 54.7 Å². The van der Waals surface area contributed by atoms with Crippen LogP contribution in [-0.2, 0) is 14.3 Å². The van der Waals surface area contributed by atoms with Crippen molar-refractivity contribution in [2.45, 2.75) is 264 Å². The van der Waals surface area contributed by atoms with Gasteiger partial charge in [-0.05, 0) is 64.2 Å². The minimum atomic E-state index is -0.806. The Bertz CT molecular complexity index is 1230. The van der Waals surface area contributed by atoms with Gasteiger partial charge in [0, 0.05) is 6.42 Å². The molecule has 368 valence electrons. The first-order valence-electron chi connectivity index (χ1n) is 26.9. The summed E-state index contributed by atoms with van der Waals surface area (Å²) < 4.78 is 5.89. The molecule has 6 nitrogen and oxygen atoms in total. The first-order valence-corrected chi connectivity index (χ1v) is 26.9. The largest absolute Gasteiger partial charge is 0.462 e. The van der Waals surface area contributed by atoms with E-state index in [4.69, 9.17) is 4.74 Å². The third-order valence-electron chi connectivity index (χ3n) is 11.9. The summed E-state index contributed by atoms with van der Waals surface area (Å²) in [5.74, 6) is -0.557. The summed E-state index contributed by atoms with van der Waals surface area (Å²) >= 11 is 0. The molecule has 3 unspecified atom stereocenters. The van der Waals surface area contributed by atoms with Gasteiger partial charge in [-0.1, -0.05) is 254 Å². The van der Waals surface area contributed by atoms with Crippen molar-refractivity contribution in [3.8, 4) is 0 Å². The first kappa shape index (κ1) is 61.0. The monoisotopic (exact) mass is 892 g/mol. The smallest absolute Gasteiger partial charge is 0.306 e.